The predicted octanol–water partition coefficient (Wildman–Crippen LogP) is 1.86. The summed E-state index contributed by atoms with van der Waals surface area (Å²) in [6.07, 6.45) is 1.75. The summed E-state index contributed by atoms with van der Waals surface area (Å²) in [5, 5.41) is 16.4. The maximum atomic E-state index is 11.3. The fourth-order valence-electron chi connectivity index (χ4n) is 2.50. The van der Waals surface area contributed by atoms with E-state index in [1.165, 1.54) is 0 Å². The maximum Gasteiger partial charge on any atom is 0.311 e. The number of nitrogens with one attached hydrogen (secondary N) is 1. The monoisotopic (exact) mass is 208 g/mol. The molecule has 1 atom stereocenters. The highest BCUT2D eigenvalue weighted by Gasteiger charge is 2.42. The summed E-state index contributed by atoms with van der Waals surface area (Å²) in [5.41, 5.74) is 2.54. The van der Waals surface area contributed by atoms with Gasteiger partial charge in [-0.2, -0.15) is 5.10 Å². The molecule has 0 spiro atoms. The van der Waals surface area contributed by atoms with Gasteiger partial charge in [0, 0.05) is 11.3 Å². The largest absolute Gasteiger partial charge is 0.481 e. The van der Waals surface area contributed by atoms with Gasteiger partial charge in [0.15, 0.2) is 0 Å². The van der Waals surface area contributed by atoms with Crippen LogP contribution in [-0.2, 0) is 11.2 Å². The van der Waals surface area contributed by atoms with E-state index in [9.17, 15) is 9.90 Å². The van der Waals surface area contributed by atoms with Crippen LogP contribution in [-0.4, -0.2) is 21.3 Å². The van der Waals surface area contributed by atoms with Crippen LogP contribution in [0.1, 0.15) is 43.1 Å². The molecule has 0 amide bonds. The highest BCUT2D eigenvalue weighted by Crippen LogP contribution is 2.45. The molecule has 1 heterocycles. The van der Waals surface area contributed by atoms with E-state index in [1.807, 2.05) is 20.8 Å². The third-order valence-electron chi connectivity index (χ3n) is 3.40. The fraction of sp³-hybridized carbons (Fsp3) is 0.636. The molecular weight excluding hydrogens is 192 g/mol. The van der Waals surface area contributed by atoms with Gasteiger partial charge in [0.05, 0.1) is 11.6 Å². The molecule has 0 fully saturated rings. The van der Waals surface area contributed by atoms with Crippen LogP contribution in [0.25, 0.3) is 0 Å². The Morgan fingerprint density at radius 3 is 2.87 bits per heavy atom. The number of carboxylic acids is 1. The number of rotatable bonds is 1. The second-order valence-corrected chi connectivity index (χ2v) is 4.97. The number of carbonyl (C=O) groups is 1. The van der Waals surface area contributed by atoms with Gasteiger partial charge in [-0.3, -0.25) is 9.89 Å². The highest BCUT2D eigenvalue weighted by molar-refractivity contribution is 5.78. The lowest BCUT2D eigenvalue weighted by Crippen LogP contribution is -2.33. The summed E-state index contributed by atoms with van der Waals surface area (Å²) in [7, 11) is 0. The fourth-order valence-corrected chi connectivity index (χ4v) is 2.50. The number of aromatic amines is 1. The molecule has 1 unspecified atom stereocenters. The van der Waals surface area contributed by atoms with Crippen molar-refractivity contribution in [3.63, 3.8) is 0 Å². The lowest BCUT2D eigenvalue weighted by atomic mass is 9.67. The normalized spacial score (nSPS) is 23.5. The summed E-state index contributed by atoms with van der Waals surface area (Å²) in [6.45, 7) is 5.92. The van der Waals surface area contributed by atoms with Gasteiger partial charge in [-0.15, -0.1) is 0 Å². The van der Waals surface area contributed by atoms with E-state index in [0.717, 1.165) is 29.8 Å². The van der Waals surface area contributed by atoms with Gasteiger partial charge in [-0.05, 0) is 25.2 Å². The van der Waals surface area contributed by atoms with Crippen molar-refractivity contribution >= 4 is 5.97 Å². The molecule has 1 aliphatic rings. The van der Waals surface area contributed by atoms with Crippen LogP contribution in [0, 0.1) is 12.3 Å². The van der Waals surface area contributed by atoms with Gasteiger partial charge >= 0.3 is 5.97 Å². The third-order valence-corrected chi connectivity index (χ3v) is 3.40. The summed E-state index contributed by atoms with van der Waals surface area (Å²) < 4.78 is 0. The van der Waals surface area contributed by atoms with Gasteiger partial charge in [0.25, 0.3) is 0 Å². The van der Waals surface area contributed by atoms with Crippen LogP contribution < -0.4 is 0 Å². The first kappa shape index (κ1) is 10.2. The van der Waals surface area contributed by atoms with Crippen molar-refractivity contribution in [3.8, 4) is 0 Å². The van der Waals surface area contributed by atoms with Crippen molar-refractivity contribution in [2.75, 3.05) is 0 Å². The molecule has 0 saturated heterocycles. The first-order valence-electron chi connectivity index (χ1n) is 5.20. The van der Waals surface area contributed by atoms with Gasteiger partial charge in [-0.1, -0.05) is 13.8 Å². The molecule has 0 saturated carbocycles. The first-order valence-corrected chi connectivity index (χ1v) is 5.20. The van der Waals surface area contributed by atoms with Crippen LogP contribution in [0.2, 0.25) is 0 Å². The van der Waals surface area contributed by atoms with Crippen LogP contribution in [0.3, 0.4) is 0 Å². The lowest BCUT2D eigenvalue weighted by molar-refractivity contribution is -0.142. The molecule has 82 valence electrons. The number of aromatic nitrogens is 2. The van der Waals surface area contributed by atoms with E-state index in [-0.39, 0.29) is 5.41 Å². The van der Waals surface area contributed by atoms with Crippen molar-refractivity contribution < 1.29 is 9.90 Å². The number of hydrogen-bond acceptors (Lipinski definition) is 2. The SMILES string of the molecule is Cc1[nH]nc2c1C(C(=O)O)C(C)(C)CC2. The van der Waals surface area contributed by atoms with Crippen LogP contribution in [0.15, 0.2) is 0 Å². The average Bonchev–Trinajstić information content (AvgIpc) is 2.46. The quantitative estimate of drug-likeness (QED) is 0.740. The molecule has 0 bridgehead atoms. The molecule has 0 radical (unpaired) electrons. The van der Waals surface area contributed by atoms with Crippen molar-refractivity contribution in [2.45, 2.75) is 39.5 Å². The van der Waals surface area contributed by atoms with Gasteiger partial charge in [0.1, 0.15) is 0 Å². The molecule has 1 aliphatic carbocycles. The predicted molar refractivity (Wildman–Crippen MR) is 55.8 cm³/mol. The molecule has 1 aromatic heterocycles. The second-order valence-electron chi connectivity index (χ2n) is 4.97. The van der Waals surface area contributed by atoms with E-state index >= 15 is 0 Å². The smallest absolute Gasteiger partial charge is 0.311 e. The molecular formula is C11H16N2O2. The summed E-state index contributed by atoms with van der Waals surface area (Å²) in [6, 6.07) is 0. The summed E-state index contributed by atoms with van der Waals surface area (Å²) in [5.74, 6) is -1.18. The topological polar surface area (TPSA) is 66.0 Å². The second kappa shape index (κ2) is 3.08. The van der Waals surface area contributed by atoms with E-state index < -0.39 is 11.9 Å². The van der Waals surface area contributed by atoms with E-state index in [4.69, 9.17) is 0 Å². The van der Waals surface area contributed by atoms with Crippen molar-refractivity contribution in [2.24, 2.45) is 5.41 Å². The van der Waals surface area contributed by atoms with Crippen molar-refractivity contribution in [1.82, 2.24) is 10.2 Å². The molecule has 4 heteroatoms. The van der Waals surface area contributed by atoms with E-state index in [2.05, 4.69) is 10.2 Å². The summed E-state index contributed by atoms with van der Waals surface area (Å²) >= 11 is 0. The molecule has 4 nitrogen and oxygen atoms in total. The van der Waals surface area contributed by atoms with Crippen molar-refractivity contribution in [1.29, 1.82) is 0 Å². The third kappa shape index (κ3) is 1.44. The summed E-state index contributed by atoms with van der Waals surface area (Å²) in [4.78, 5) is 11.3. The Morgan fingerprint density at radius 2 is 2.27 bits per heavy atom. The molecule has 2 rings (SSSR count). The Labute approximate surface area is 88.7 Å². The molecule has 1 aromatic rings. The minimum Gasteiger partial charge on any atom is -0.481 e. The van der Waals surface area contributed by atoms with Crippen LogP contribution in [0.5, 0.6) is 0 Å². The zero-order valence-corrected chi connectivity index (χ0v) is 9.29. The van der Waals surface area contributed by atoms with Gasteiger partial charge in [-0.25, -0.2) is 0 Å². The van der Waals surface area contributed by atoms with Gasteiger partial charge in [0.2, 0.25) is 0 Å². The number of aryl methyl sites for hydroxylation is 2. The number of fused-ring (bicyclic) bond motifs is 1. The number of nitrogens with zero attached hydrogens (tertiary/aromatic N) is 1. The molecule has 15 heavy (non-hydrogen) atoms. The Bertz CT molecular complexity index is 407. The van der Waals surface area contributed by atoms with Crippen LogP contribution >= 0.6 is 0 Å². The average molecular weight is 208 g/mol. The first-order chi connectivity index (χ1) is 6.93. The highest BCUT2D eigenvalue weighted by atomic mass is 16.4. The molecule has 0 aromatic carbocycles. The Hall–Kier alpha value is -1.32. The number of H-pyrrole nitrogens is 1. The Kier molecular flexibility index (Phi) is 2.10. The number of hydrogen-bond donors (Lipinski definition) is 2. The number of aliphatic carboxylic acids is 1. The maximum absolute atomic E-state index is 11.3. The minimum absolute atomic E-state index is 0.187. The van der Waals surface area contributed by atoms with Crippen LogP contribution in [0.4, 0.5) is 0 Å². The van der Waals surface area contributed by atoms with E-state index in [1.54, 1.807) is 0 Å². The van der Waals surface area contributed by atoms with Crippen molar-refractivity contribution in [3.05, 3.63) is 17.0 Å². The lowest BCUT2D eigenvalue weighted by Gasteiger charge is -2.35. The standard InChI is InChI=1S/C11H16N2O2/c1-6-8-7(13-12-6)4-5-11(2,3)9(8)10(14)15/h9H,4-5H2,1-3H3,(H,12,13)(H,14,15). The Balaban J connectivity index is 2.56. The van der Waals surface area contributed by atoms with E-state index in [0.29, 0.717) is 0 Å². The number of carboxylic acid groups (broad SMARTS) is 1. The zero-order valence-electron chi connectivity index (χ0n) is 9.29. The van der Waals surface area contributed by atoms with Gasteiger partial charge < -0.3 is 5.11 Å². The Morgan fingerprint density at radius 1 is 1.60 bits per heavy atom. The minimum atomic E-state index is -0.745. The molecule has 0 aliphatic heterocycles. The molecule has 2 N–H and O–H groups in total. The zero-order chi connectivity index (χ0) is 11.2.